The van der Waals surface area contributed by atoms with Gasteiger partial charge in [0.05, 0.1) is 19.3 Å². The zero-order valence-electron chi connectivity index (χ0n) is 7.41. The van der Waals surface area contributed by atoms with Crippen molar-refractivity contribution in [1.82, 2.24) is 15.5 Å². The van der Waals surface area contributed by atoms with Gasteiger partial charge in [-0.05, 0) is 0 Å². The van der Waals surface area contributed by atoms with Crippen molar-refractivity contribution >= 4 is 17.6 Å². The second-order valence-corrected chi connectivity index (χ2v) is 2.50. The van der Waals surface area contributed by atoms with E-state index in [1.54, 1.807) is 6.07 Å². The molecule has 7 heteroatoms. The molecule has 7 nitrogen and oxygen atoms in total. The van der Waals surface area contributed by atoms with Crippen molar-refractivity contribution in [3.63, 3.8) is 0 Å². The molecule has 1 heterocycles. The van der Waals surface area contributed by atoms with Crippen LogP contribution in [0.5, 0.6) is 0 Å². The minimum Gasteiger partial charge on any atom is -0.346 e. The van der Waals surface area contributed by atoms with Gasteiger partial charge < -0.3 is 16.4 Å². The van der Waals surface area contributed by atoms with Crippen LogP contribution in [-0.2, 0) is 9.59 Å². The minimum absolute atomic E-state index is 0.102. The number of anilines is 1. The fourth-order valence-electron chi connectivity index (χ4n) is 0.771. The average Bonchev–Trinajstić information content (AvgIpc) is 2.66. The number of carbonyl (C=O) groups excluding carboxylic acids is 2. The second kappa shape index (κ2) is 4.97. The third-order valence-electron chi connectivity index (χ3n) is 1.41. The Morgan fingerprint density at radius 2 is 2.29 bits per heavy atom. The van der Waals surface area contributed by atoms with E-state index in [1.165, 1.54) is 6.20 Å². The van der Waals surface area contributed by atoms with E-state index in [2.05, 4.69) is 20.8 Å². The van der Waals surface area contributed by atoms with Crippen molar-refractivity contribution in [1.29, 1.82) is 0 Å². The molecule has 0 saturated heterocycles. The van der Waals surface area contributed by atoms with Crippen molar-refractivity contribution in [2.75, 3.05) is 18.4 Å². The van der Waals surface area contributed by atoms with Gasteiger partial charge in [-0.15, -0.1) is 0 Å². The number of H-pyrrole nitrogens is 1. The summed E-state index contributed by atoms with van der Waals surface area (Å²) in [6.45, 7) is -0.230. The highest BCUT2D eigenvalue weighted by molar-refractivity contribution is 5.93. The number of rotatable bonds is 4. The quantitative estimate of drug-likeness (QED) is 0.466. The number of aromatic nitrogens is 2. The molecule has 0 fully saturated rings. The van der Waals surface area contributed by atoms with Crippen LogP contribution in [0.2, 0.25) is 0 Å². The van der Waals surface area contributed by atoms with Crippen LogP contribution in [0.15, 0.2) is 12.3 Å². The second-order valence-electron chi connectivity index (χ2n) is 2.50. The molecule has 0 atom stereocenters. The molecule has 0 aliphatic heterocycles. The fraction of sp³-hybridized carbons (Fsp3) is 0.286. The Morgan fingerprint density at radius 3 is 2.86 bits per heavy atom. The lowest BCUT2D eigenvalue weighted by Crippen LogP contribution is -2.36. The number of nitrogens with one attached hydrogen (secondary N) is 3. The van der Waals surface area contributed by atoms with Gasteiger partial charge in [0.25, 0.3) is 0 Å². The van der Waals surface area contributed by atoms with Crippen LogP contribution in [0.3, 0.4) is 0 Å². The van der Waals surface area contributed by atoms with Crippen molar-refractivity contribution in [2.24, 2.45) is 5.73 Å². The van der Waals surface area contributed by atoms with E-state index in [1.807, 2.05) is 0 Å². The van der Waals surface area contributed by atoms with Crippen molar-refractivity contribution in [3.05, 3.63) is 12.3 Å². The topological polar surface area (TPSA) is 113 Å². The molecule has 0 spiro atoms. The minimum atomic E-state index is -0.371. The first-order valence-corrected chi connectivity index (χ1v) is 3.98. The molecule has 1 aromatic heterocycles. The van der Waals surface area contributed by atoms with E-state index < -0.39 is 0 Å². The normalized spacial score (nSPS) is 9.50. The molecule has 1 rings (SSSR count). The Balaban J connectivity index is 2.26. The molecule has 5 N–H and O–H groups in total. The fourth-order valence-corrected chi connectivity index (χ4v) is 0.771. The van der Waals surface area contributed by atoms with Crippen LogP contribution in [0, 0.1) is 0 Å². The molecule has 0 saturated carbocycles. The van der Waals surface area contributed by atoms with E-state index in [-0.39, 0.29) is 24.9 Å². The van der Waals surface area contributed by atoms with E-state index in [0.717, 1.165) is 0 Å². The summed E-state index contributed by atoms with van der Waals surface area (Å²) in [5.41, 5.74) is 5.03. The number of hydrogen-bond acceptors (Lipinski definition) is 4. The molecule has 0 aromatic carbocycles. The number of carbonyl (C=O) groups is 2. The third-order valence-corrected chi connectivity index (χ3v) is 1.41. The molecule has 0 radical (unpaired) electrons. The standard InChI is InChI=1S/C7H11N5O2/c8-3-6(13)9-4-7(14)11-5-1-2-10-12-5/h1-2H,3-4,8H2,(H,9,13)(H2,10,11,12,14). The zero-order chi connectivity index (χ0) is 10.4. The van der Waals surface area contributed by atoms with Crippen LogP contribution in [0.4, 0.5) is 5.82 Å². The van der Waals surface area contributed by atoms with Crippen LogP contribution >= 0.6 is 0 Å². The Kier molecular flexibility index (Phi) is 3.62. The van der Waals surface area contributed by atoms with Crippen molar-refractivity contribution < 1.29 is 9.59 Å². The highest BCUT2D eigenvalue weighted by atomic mass is 16.2. The van der Waals surface area contributed by atoms with Gasteiger partial charge in [0, 0.05) is 6.07 Å². The summed E-state index contributed by atoms with van der Waals surface area (Å²) in [5.74, 6) is -0.224. The maximum atomic E-state index is 11.1. The Hall–Kier alpha value is -1.89. The third kappa shape index (κ3) is 3.23. The molecule has 14 heavy (non-hydrogen) atoms. The summed E-state index contributed by atoms with van der Waals surface area (Å²) in [7, 11) is 0. The molecular formula is C7H11N5O2. The number of amides is 2. The summed E-state index contributed by atoms with van der Waals surface area (Å²) in [5, 5.41) is 11.0. The van der Waals surface area contributed by atoms with Gasteiger partial charge in [0.2, 0.25) is 11.8 Å². The average molecular weight is 197 g/mol. The largest absolute Gasteiger partial charge is 0.346 e. The Bertz CT molecular complexity index is 308. The van der Waals surface area contributed by atoms with Gasteiger partial charge >= 0.3 is 0 Å². The first kappa shape index (κ1) is 10.2. The molecule has 2 amide bonds. The van der Waals surface area contributed by atoms with Crippen LogP contribution in [0.1, 0.15) is 0 Å². The predicted octanol–water partition coefficient (Wildman–Crippen LogP) is -1.58. The lowest BCUT2D eigenvalue weighted by atomic mass is 10.5. The lowest BCUT2D eigenvalue weighted by Gasteiger charge is -2.03. The maximum absolute atomic E-state index is 11.1. The summed E-state index contributed by atoms with van der Waals surface area (Å²) < 4.78 is 0. The van der Waals surface area contributed by atoms with Gasteiger partial charge in [-0.1, -0.05) is 0 Å². The van der Waals surface area contributed by atoms with Gasteiger partial charge in [-0.25, -0.2) is 0 Å². The number of aromatic amines is 1. The van der Waals surface area contributed by atoms with Gasteiger partial charge in [-0.2, -0.15) is 5.10 Å². The molecule has 0 aliphatic rings. The van der Waals surface area contributed by atoms with Crippen molar-refractivity contribution in [2.45, 2.75) is 0 Å². The van der Waals surface area contributed by atoms with Gasteiger partial charge in [0.1, 0.15) is 5.82 Å². The summed E-state index contributed by atoms with van der Waals surface area (Å²) in [4.78, 5) is 21.8. The molecular weight excluding hydrogens is 186 g/mol. The van der Waals surface area contributed by atoms with Gasteiger partial charge in [0.15, 0.2) is 0 Å². The van der Waals surface area contributed by atoms with E-state index in [9.17, 15) is 9.59 Å². The first-order valence-electron chi connectivity index (χ1n) is 3.98. The van der Waals surface area contributed by atoms with E-state index >= 15 is 0 Å². The molecule has 0 unspecified atom stereocenters. The Labute approximate surface area is 80.1 Å². The number of nitrogens with two attached hydrogens (primary N) is 1. The maximum Gasteiger partial charge on any atom is 0.244 e. The van der Waals surface area contributed by atoms with Crippen LogP contribution in [-0.4, -0.2) is 35.1 Å². The van der Waals surface area contributed by atoms with Crippen LogP contribution in [0.25, 0.3) is 0 Å². The van der Waals surface area contributed by atoms with E-state index in [0.29, 0.717) is 5.82 Å². The highest BCUT2D eigenvalue weighted by Crippen LogP contribution is 1.96. The van der Waals surface area contributed by atoms with Gasteiger partial charge in [-0.3, -0.25) is 14.7 Å². The van der Waals surface area contributed by atoms with Crippen molar-refractivity contribution in [3.8, 4) is 0 Å². The molecule has 0 bridgehead atoms. The summed E-state index contributed by atoms with van der Waals surface area (Å²) in [6, 6.07) is 1.60. The monoisotopic (exact) mass is 197 g/mol. The lowest BCUT2D eigenvalue weighted by molar-refractivity contribution is -0.123. The first-order chi connectivity index (χ1) is 6.72. The molecule has 1 aromatic rings. The summed E-state index contributed by atoms with van der Waals surface area (Å²) >= 11 is 0. The van der Waals surface area contributed by atoms with Crippen LogP contribution < -0.4 is 16.4 Å². The smallest absolute Gasteiger partial charge is 0.244 e. The SMILES string of the molecule is NCC(=O)NCC(=O)Nc1ccn[nH]1. The zero-order valence-corrected chi connectivity index (χ0v) is 7.41. The number of nitrogens with zero attached hydrogens (tertiary/aromatic N) is 1. The predicted molar refractivity (Wildman–Crippen MR) is 49.3 cm³/mol. The number of hydrogen-bond donors (Lipinski definition) is 4. The highest BCUT2D eigenvalue weighted by Gasteiger charge is 2.04. The van der Waals surface area contributed by atoms with E-state index in [4.69, 9.17) is 5.73 Å². The summed E-state index contributed by atoms with van der Waals surface area (Å²) in [6.07, 6.45) is 1.51. The molecule has 76 valence electrons. The Morgan fingerprint density at radius 1 is 1.50 bits per heavy atom. The molecule has 0 aliphatic carbocycles.